The van der Waals surface area contributed by atoms with Crippen molar-refractivity contribution in [1.29, 1.82) is 0 Å². The molecule has 1 fully saturated rings. The summed E-state index contributed by atoms with van der Waals surface area (Å²) in [4.78, 5) is 6.10. The Hall–Kier alpha value is -2.37. The summed E-state index contributed by atoms with van der Waals surface area (Å²) >= 11 is 1.90. The lowest BCUT2D eigenvalue weighted by Gasteiger charge is -2.30. The van der Waals surface area contributed by atoms with E-state index in [2.05, 4.69) is 64.2 Å². The molecule has 5 rings (SSSR count). The number of para-hydroxylation sites is 2. The maximum atomic E-state index is 6.10. The zero-order valence-electron chi connectivity index (χ0n) is 14.5. The number of benzene rings is 2. The van der Waals surface area contributed by atoms with Crippen LogP contribution in [0.2, 0.25) is 0 Å². The lowest BCUT2D eigenvalue weighted by atomic mass is 9.97. The van der Waals surface area contributed by atoms with Gasteiger partial charge in [-0.05, 0) is 24.3 Å². The van der Waals surface area contributed by atoms with Crippen LogP contribution in [0.15, 0.2) is 71.8 Å². The molecule has 2 aromatic carbocycles. The second-order valence-electron chi connectivity index (χ2n) is 6.59. The molecule has 2 unspecified atom stereocenters. The molecule has 3 heterocycles. The molecule has 2 aliphatic heterocycles. The summed E-state index contributed by atoms with van der Waals surface area (Å²) in [6.07, 6.45) is 0. The largest absolute Gasteiger partial charge is 0.482 e. The van der Waals surface area contributed by atoms with Crippen molar-refractivity contribution in [2.24, 2.45) is 5.92 Å². The molecule has 2 atom stereocenters. The number of ether oxygens (including phenoxy) is 1. The zero-order valence-corrected chi connectivity index (χ0v) is 15.4. The van der Waals surface area contributed by atoms with Crippen molar-refractivity contribution in [3.05, 3.63) is 72.3 Å². The number of hydroxylamine groups is 1. The number of aromatic nitrogens is 1. The van der Waals surface area contributed by atoms with Gasteiger partial charge < -0.3 is 4.74 Å². The van der Waals surface area contributed by atoms with Gasteiger partial charge in [-0.15, -0.1) is 11.8 Å². The van der Waals surface area contributed by atoms with Gasteiger partial charge in [0.05, 0.1) is 30.5 Å². The number of fused-ring (bicyclic) bond motifs is 3. The third kappa shape index (κ3) is 2.42. The van der Waals surface area contributed by atoms with Crippen molar-refractivity contribution in [3.63, 3.8) is 0 Å². The highest BCUT2D eigenvalue weighted by Crippen LogP contribution is 2.50. The van der Waals surface area contributed by atoms with E-state index in [0.29, 0.717) is 5.92 Å². The minimum atomic E-state index is 0.215. The molecule has 0 radical (unpaired) electrons. The van der Waals surface area contributed by atoms with E-state index in [1.807, 2.05) is 23.9 Å². The second-order valence-corrected chi connectivity index (χ2v) is 7.60. The smallest absolute Gasteiger partial charge is 0.199 e. The number of rotatable bonds is 3. The third-order valence-corrected chi connectivity index (χ3v) is 6.35. The van der Waals surface area contributed by atoms with Crippen LogP contribution in [0.1, 0.15) is 11.6 Å². The van der Waals surface area contributed by atoms with Crippen LogP contribution >= 0.6 is 11.8 Å². The number of hydrogen-bond acceptors (Lipinski definition) is 4. The summed E-state index contributed by atoms with van der Waals surface area (Å²) in [5, 5.41) is 3.33. The summed E-state index contributed by atoms with van der Waals surface area (Å²) in [6, 6.07) is 23.2. The molecule has 2 aliphatic rings. The van der Waals surface area contributed by atoms with E-state index in [0.717, 1.165) is 29.6 Å². The van der Waals surface area contributed by atoms with E-state index < -0.39 is 0 Å². The Morgan fingerprint density at radius 3 is 2.38 bits per heavy atom. The number of hydrogen-bond donors (Lipinski definition) is 0. The molecule has 5 heteroatoms. The van der Waals surface area contributed by atoms with Crippen molar-refractivity contribution in [1.82, 2.24) is 4.57 Å². The highest BCUT2D eigenvalue weighted by atomic mass is 32.2. The third-order valence-electron chi connectivity index (χ3n) is 5.06. The summed E-state index contributed by atoms with van der Waals surface area (Å²) in [5.74, 6) is 2.39. The monoisotopic (exact) mass is 364 g/mol. The molecule has 26 heavy (non-hydrogen) atoms. The normalized spacial score (nSPS) is 21.3. The van der Waals surface area contributed by atoms with E-state index in [1.165, 1.54) is 10.6 Å². The first-order valence-corrected chi connectivity index (χ1v) is 9.80. The molecule has 0 bridgehead atoms. The topological polar surface area (TPSA) is 26.6 Å². The Morgan fingerprint density at radius 2 is 1.69 bits per heavy atom. The van der Waals surface area contributed by atoms with Gasteiger partial charge in [0.15, 0.2) is 5.88 Å². The summed E-state index contributed by atoms with van der Waals surface area (Å²) in [6.45, 7) is 0.755. The first kappa shape index (κ1) is 15.9. The van der Waals surface area contributed by atoms with Crippen molar-refractivity contribution in [2.45, 2.75) is 11.1 Å². The molecule has 0 amide bonds. The van der Waals surface area contributed by atoms with Crippen LogP contribution in [0.4, 0.5) is 5.69 Å². The maximum Gasteiger partial charge on any atom is 0.199 e. The average molecular weight is 364 g/mol. The second kappa shape index (κ2) is 6.41. The van der Waals surface area contributed by atoms with E-state index in [9.17, 15) is 0 Å². The Morgan fingerprint density at radius 1 is 1.00 bits per heavy atom. The fourth-order valence-corrected chi connectivity index (χ4v) is 5.20. The van der Waals surface area contributed by atoms with Crippen LogP contribution in [0.25, 0.3) is 5.69 Å². The number of anilines is 1. The minimum Gasteiger partial charge on any atom is -0.482 e. The quantitative estimate of drug-likeness (QED) is 0.673. The number of thioether (sulfide) groups is 1. The Bertz CT molecular complexity index is 911. The van der Waals surface area contributed by atoms with Gasteiger partial charge in [0.2, 0.25) is 0 Å². The van der Waals surface area contributed by atoms with Crippen LogP contribution in [0, 0.1) is 5.92 Å². The minimum absolute atomic E-state index is 0.215. The van der Waals surface area contributed by atoms with E-state index in [1.54, 1.807) is 7.11 Å². The average Bonchev–Trinajstić information content (AvgIpc) is 3.30. The van der Waals surface area contributed by atoms with E-state index >= 15 is 0 Å². The molecular weight excluding hydrogens is 344 g/mol. The van der Waals surface area contributed by atoms with Crippen molar-refractivity contribution in [3.8, 4) is 11.6 Å². The fourth-order valence-electron chi connectivity index (χ4n) is 3.87. The summed E-state index contributed by atoms with van der Waals surface area (Å²) in [7, 11) is 1.74. The van der Waals surface area contributed by atoms with E-state index in [-0.39, 0.29) is 6.04 Å². The Balaban J connectivity index is 1.64. The molecule has 1 aromatic heterocycles. The molecular formula is C21H20N2O2S. The summed E-state index contributed by atoms with van der Waals surface area (Å²) in [5.41, 5.74) is 3.51. The van der Waals surface area contributed by atoms with Gasteiger partial charge in [0.25, 0.3) is 0 Å². The van der Waals surface area contributed by atoms with Gasteiger partial charge in [-0.3, -0.25) is 9.40 Å². The van der Waals surface area contributed by atoms with Gasteiger partial charge in [-0.25, -0.2) is 5.06 Å². The highest BCUT2D eigenvalue weighted by Gasteiger charge is 2.43. The van der Waals surface area contributed by atoms with Gasteiger partial charge in [-0.1, -0.05) is 36.4 Å². The van der Waals surface area contributed by atoms with Gasteiger partial charge in [0.1, 0.15) is 0 Å². The van der Waals surface area contributed by atoms with Gasteiger partial charge >= 0.3 is 0 Å². The molecule has 3 aromatic rings. The predicted molar refractivity (Wildman–Crippen MR) is 104 cm³/mol. The molecule has 1 saturated heterocycles. The van der Waals surface area contributed by atoms with Crippen LogP contribution in [0.3, 0.4) is 0 Å². The first-order chi connectivity index (χ1) is 12.9. The first-order valence-electron chi connectivity index (χ1n) is 8.82. The van der Waals surface area contributed by atoms with Crippen molar-refractivity contribution in [2.75, 3.05) is 24.5 Å². The molecule has 0 saturated carbocycles. The lowest BCUT2D eigenvalue weighted by Crippen LogP contribution is -2.27. The molecule has 0 spiro atoms. The molecule has 132 valence electrons. The van der Waals surface area contributed by atoms with Crippen LogP contribution < -0.4 is 9.80 Å². The van der Waals surface area contributed by atoms with Gasteiger partial charge in [0, 0.05) is 29.0 Å². The standard InChI is InChI=1S/C21H20N2O2S/c1-24-19-12-18-20-15(13-25-23(20)17-10-6-3-7-11-17)14-26-21(18)22(19)16-8-4-2-5-9-16/h2-12,15,20H,13-14H2,1H3. The Labute approximate surface area is 157 Å². The predicted octanol–water partition coefficient (Wildman–Crippen LogP) is 4.70. The van der Waals surface area contributed by atoms with Crippen molar-refractivity contribution >= 4 is 17.4 Å². The fraction of sp³-hybridized carbons (Fsp3) is 0.238. The molecule has 0 N–H and O–H groups in total. The SMILES string of the molecule is COc1cc2c(n1-c1ccccc1)SCC1CON(c3ccccc3)C21. The van der Waals surface area contributed by atoms with E-state index in [4.69, 9.17) is 9.57 Å². The highest BCUT2D eigenvalue weighted by molar-refractivity contribution is 7.99. The van der Waals surface area contributed by atoms with Crippen molar-refractivity contribution < 1.29 is 9.57 Å². The Kier molecular flexibility index (Phi) is 3.91. The van der Waals surface area contributed by atoms with Crippen LogP contribution in [0.5, 0.6) is 5.88 Å². The number of methoxy groups -OCH3 is 1. The zero-order chi connectivity index (χ0) is 17.5. The summed E-state index contributed by atoms with van der Waals surface area (Å²) < 4.78 is 7.95. The van der Waals surface area contributed by atoms with Gasteiger partial charge in [-0.2, -0.15) is 0 Å². The molecule has 4 nitrogen and oxygen atoms in total. The van der Waals surface area contributed by atoms with Crippen LogP contribution in [-0.4, -0.2) is 24.0 Å². The maximum absolute atomic E-state index is 6.10. The number of nitrogens with zero attached hydrogens (tertiary/aromatic N) is 2. The van der Waals surface area contributed by atoms with Crippen LogP contribution in [-0.2, 0) is 4.84 Å². The lowest BCUT2D eigenvalue weighted by molar-refractivity contribution is 0.154. The molecule has 0 aliphatic carbocycles.